The van der Waals surface area contributed by atoms with Crippen LogP contribution in [0.25, 0.3) is 0 Å². The Balaban J connectivity index is 1.59. The Hall–Kier alpha value is -2.27. The Labute approximate surface area is 148 Å². The molecule has 1 aliphatic heterocycles. The Morgan fingerprint density at radius 2 is 2.08 bits per heavy atom. The highest BCUT2D eigenvalue weighted by atomic mass is 16.4. The number of para-hydroxylation sites is 1. The minimum Gasteiger partial charge on any atom is -0.467 e. The van der Waals surface area contributed by atoms with Crippen LogP contribution < -0.4 is 5.32 Å². The molecule has 5 nitrogen and oxygen atoms in total. The Morgan fingerprint density at radius 3 is 2.76 bits per heavy atom. The zero-order valence-electron chi connectivity index (χ0n) is 14.9. The van der Waals surface area contributed by atoms with Gasteiger partial charge in [-0.2, -0.15) is 0 Å². The molecule has 1 saturated heterocycles. The van der Waals surface area contributed by atoms with Crippen LogP contribution in [0.5, 0.6) is 0 Å². The van der Waals surface area contributed by atoms with Gasteiger partial charge in [0.15, 0.2) is 0 Å². The minimum absolute atomic E-state index is 0.0624. The van der Waals surface area contributed by atoms with E-state index in [1.54, 1.807) is 18.4 Å². The zero-order chi connectivity index (χ0) is 17.8. The number of nitrogens with zero attached hydrogens (tertiary/aromatic N) is 1. The molecule has 0 bridgehead atoms. The molecule has 1 amide bonds. The van der Waals surface area contributed by atoms with E-state index >= 15 is 0 Å². The number of aliphatic hydroxyl groups is 1. The van der Waals surface area contributed by atoms with Gasteiger partial charge in [0.2, 0.25) is 5.91 Å². The molecule has 2 unspecified atom stereocenters. The summed E-state index contributed by atoms with van der Waals surface area (Å²) in [5.41, 5.74) is 3.31. The van der Waals surface area contributed by atoms with Crippen molar-refractivity contribution in [2.45, 2.75) is 45.3 Å². The van der Waals surface area contributed by atoms with Crippen LogP contribution in [0.4, 0.5) is 5.69 Å². The summed E-state index contributed by atoms with van der Waals surface area (Å²) in [6.45, 7) is 5.11. The SMILES string of the molecule is Cc1cccc(C)c1NCC(=O)N1CCCC1CC(O)c1ccco1. The van der Waals surface area contributed by atoms with Gasteiger partial charge in [0.05, 0.1) is 12.8 Å². The molecule has 134 valence electrons. The molecule has 5 heteroatoms. The van der Waals surface area contributed by atoms with Crippen molar-refractivity contribution >= 4 is 11.6 Å². The third kappa shape index (κ3) is 4.04. The lowest BCUT2D eigenvalue weighted by Crippen LogP contribution is -2.40. The van der Waals surface area contributed by atoms with Gasteiger partial charge in [-0.25, -0.2) is 0 Å². The van der Waals surface area contributed by atoms with Crippen LogP contribution in [0, 0.1) is 13.8 Å². The van der Waals surface area contributed by atoms with Crippen LogP contribution in [-0.4, -0.2) is 35.0 Å². The normalized spacial score (nSPS) is 18.4. The van der Waals surface area contributed by atoms with Crippen molar-refractivity contribution in [2.75, 3.05) is 18.4 Å². The summed E-state index contributed by atoms with van der Waals surface area (Å²) < 4.78 is 5.27. The summed E-state index contributed by atoms with van der Waals surface area (Å²) in [6, 6.07) is 9.70. The molecule has 0 spiro atoms. The largest absolute Gasteiger partial charge is 0.467 e. The van der Waals surface area contributed by atoms with Crippen molar-refractivity contribution in [2.24, 2.45) is 0 Å². The van der Waals surface area contributed by atoms with Crippen molar-refractivity contribution in [3.63, 3.8) is 0 Å². The van der Waals surface area contributed by atoms with Crippen LogP contribution in [0.15, 0.2) is 41.0 Å². The molecule has 2 N–H and O–H groups in total. The van der Waals surface area contributed by atoms with E-state index in [0.717, 1.165) is 36.2 Å². The molecular weight excluding hydrogens is 316 g/mol. The number of likely N-dealkylation sites (tertiary alicyclic amines) is 1. The van der Waals surface area contributed by atoms with E-state index in [-0.39, 0.29) is 18.5 Å². The van der Waals surface area contributed by atoms with E-state index in [9.17, 15) is 9.90 Å². The summed E-state index contributed by atoms with van der Waals surface area (Å²) in [4.78, 5) is 14.6. The number of carbonyl (C=O) groups excluding carboxylic acids is 1. The number of aliphatic hydroxyl groups excluding tert-OH is 1. The smallest absolute Gasteiger partial charge is 0.242 e. The van der Waals surface area contributed by atoms with Gasteiger partial charge in [0, 0.05) is 24.7 Å². The number of aryl methyl sites for hydroxylation is 2. The van der Waals surface area contributed by atoms with Gasteiger partial charge in [0.25, 0.3) is 0 Å². The maximum atomic E-state index is 12.7. The molecule has 1 aromatic carbocycles. The molecular formula is C20H26N2O3. The average molecular weight is 342 g/mol. The van der Waals surface area contributed by atoms with Crippen molar-refractivity contribution in [3.05, 3.63) is 53.5 Å². The van der Waals surface area contributed by atoms with Gasteiger partial charge in [-0.15, -0.1) is 0 Å². The number of nitrogens with one attached hydrogen (secondary N) is 1. The Kier molecular flexibility index (Phi) is 5.43. The topological polar surface area (TPSA) is 65.7 Å². The summed E-state index contributed by atoms with van der Waals surface area (Å²) in [5.74, 6) is 0.643. The van der Waals surface area contributed by atoms with Gasteiger partial charge in [-0.05, 0) is 49.9 Å². The first-order valence-corrected chi connectivity index (χ1v) is 8.87. The standard InChI is InChI=1S/C20H26N2O3/c1-14-6-3-7-15(2)20(14)21-13-19(24)22-10-4-8-16(22)12-17(23)18-9-5-11-25-18/h3,5-7,9,11,16-17,21,23H,4,8,10,12-13H2,1-2H3. The van der Waals surface area contributed by atoms with Crippen molar-refractivity contribution < 1.29 is 14.3 Å². The molecule has 1 aromatic heterocycles. The number of rotatable bonds is 6. The second-order valence-electron chi connectivity index (χ2n) is 6.77. The molecule has 2 atom stereocenters. The number of hydrogen-bond acceptors (Lipinski definition) is 4. The van der Waals surface area contributed by atoms with Crippen LogP contribution in [0.2, 0.25) is 0 Å². The number of benzene rings is 1. The number of amides is 1. The summed E-state index contributed by atoms with van der Waals surface area (Å²) >= 11 is 0. The number of furan rings is 1. The molecule has 0 aliphatic carbocycles. The predicted octanol–water partition coefficient (Wildman–Crippen LogP) is 3.42. The average Bonchev–Trinajstić information content (AvgIpc) is 3.25. The second kappa shape index (κ2) is 7.74. The van der Waals surface area contributed by atoms with E-state index in [4.69, 9.17) is 4.42 Å². The van der Waals surface area contributed by atoms with E-state index < -0.39 is 6.10 Å². The van der Waals surface area contributed by atoms with E-state index in [0.29, 0.717) is 12.2 Å². The molecule has 2 aromatic rings. The van der Waals surface area contributed by atoms with Gasteiger partial charge < -0.3 is 19.7 Å². The highest BCUT2D eigenvalue weighted by molar-refractivity contribution is 5.82. The highest BCUT2D eigenvalue weighted by Crippen LogP contribution is 2.28. The summed E-state index contributed by atoms with van der Waals surface area (Å²) in [6.07, 6.45) is 3.31. The van der Waals surface area contributed by atoms with Crippen LogP contribution >= 0.6 is 0 Å². The Morgan fingerprint density at radius 1 is 1.32 bits per heavy atom. The van der Waals surface area contributed by atoms with Crippen molar-refractivity contribution in [1.29, 1.82) is 0 Å². The molecule has 1 fully saturated rings. The molecule has 2 heterocycles. The van der Waals surface area contributed by atoms with Gasteiger partial charge in [-0.1, -0.05) is 18.2 Å². The third-order valence-electron chi connectivity index (χ3n) is 4.96. The zero-order valence-corrected chi connectivity index (χ0v) is 14.9. The van der Waals surface area contributed by atoms with Gasteiger partial charge in [0.1, 0.15) is 11.9 Å². The van der Waals surface area contributed by atoms with Gasteiger partial charge >= 0.3 is 0 Å². The van der Waals surface area contributed by atoms with Crippen LogP contribution in [-0.2, 0) is 4.79 Å². The molecule has 1 aliphatic rings. The lowest BCUT2D eigenvalue weighted by Gasteiger charge is -2.26. The lowest BCUT2D eigenvalue weighted by molar-refractivity contribution is -0.130. The third-order valence-corrected chi connectivity index (χ3v) is 4.96. The quantitative estimate of drug-likeness (QED) is 0.844. The monoisotopic (exact) mass is 342 g/mol. The molecule has 25 heavy (non-hydrogen) atoms. The second-order valence-corrected chi connectivity index (χ2v) is 6.77. The maximum absolute atomic E-state index is 12.7. The van der Waals surface area contributed by atoms with E-state index in [1.807, 2.05) is 36.9 Å². The maximum Gasteiger partial charge on any atom is 0.242 e. The van der Waals surface area contributed by atoms with E-state index in [1.165, 1.54) is 0 Å². The summed E-state index contributed by atoms with van der Waals surface area (Å²) in [7, 11) is 0. The minimum atomic E-state index is -0.667. The highest BCUT2D eigenvalue weighted by Gasteiger charge is 2.31. The number of carbonyl (C=O) groups is 1. The van der Waals surface area contributed by atoms with Crippen LogP contribution in [0.1, 0.15) is 42.3 Å². The molecule has 3 rings (SSSR count). The molecule has 0 saturated carbocycles. The predicted molar refractivity (Wildman–Crippen MR) is 97.4 cm³/mol. The van der Waals surface area contributed by atoms with Crippen LogP contribution in [0.3, 0.4) is 0 Å². The van der Waals surface area contributed by atoms with Crippen molar-refractivity contribution in [3.8, 4) is 0 Å². The summed E-state index contributed by atoms with van der Waals surface area (Å²) in [5, 5.41) is 13.6. The number of hydrogen-bond donors (Lipinski definition) is 2. The fourth-order valence-electron chi connectivity index (χ4n) is 3.62. The first-order chi connectivity index (χ1) is 12.1. The lowest BCUT2D eigenvalue weighted by atomic mass is 10.1. The number of anilines is 1. The Bertz CT molecular complexity index is 691. The van der Waals surface area contributed by atoms with E-state index in [2.05, 4.69) is 5.32 Å². The van der Waals surface area contributed by atoms with Gasteiger partial charge in [-0.3, -0.25) is 4.79 Å². The molecule has 0 radical (unpaired) electrons. The fourth-order valence-corrected chi connectivity index (χ4v) is 3.62. The van der Waals surface area contributed by atoms with Crippen molar-refractivity contribution in [1.82, 2.24) is 4.90 Å². The first kappa shape index (κ1) is 17.5. The first-order valence-electron chi connectivity index (χ1n) is 8.87. The fraction of sp³-hybridized carbons (Fsp3) is 0.450.